The Kier molecular flexibility index (Phi) is 7.30. The molecule has 0 saturated heterocycles. The predicted molar refractivity (Wildman–Crippen MR) is 83.1 cm³/mol. The molecule has 2 unspecified atom stereocenters. The molecule has 2 atom stereocenters. The van der Waals surface area contributed by atoms with Crippen LogP contribution in [0.4, 0.5) is 0 Å². The van der Waals surface area contributed by atoms with Crippen molar-refractivity contribution in [2.24, 2.45) is 0 Å². The van der Waals surface area contributed by atoms with Crippen molar-refractivity contribution >= 4 is 27.7 Å². The first-order valence-corrected chi connectivity index (χ1v) is 8.05. The van der Waals surface area contributed by atoms with Crippen molar-refractivity contribution < 1.29 is 5.11 Å². The predicted octanol–water partition coefficient (Wildman–Crippen LogP) is 3.81. The third kappa shape index (κ3) is 5.31. The lowest BCUT2D eigenvalue weighted by molar-refractivity contribution is 0.196. The molecule has 1 rings (SSSR count). The van der Waals surface area contributed by atoms with Gasteiger partial charge in [-0.15, -0.1) is 11.8 Å². The Balaban J connectivity index is 2.61. The normalized spacial score (nSPS) is 14.5. The van der Waals surface area contributed by atoms with Gasteiger partial charge in [0.25, 0.3) is 0 Å². The van der Waals surface area contributed by atoms with E-state index in [-0.39, 0.29) is 11.4 Å². The molecule has 2 nitrogen and oxygen atoms in total. The van der Waals surface area contributed by atoms with E-state index >= 15 is 0 Å². The summed E-state index contributed by atoms with van der Waals surface area (Å²) in [7, 11) is 0. The highest BCUT2D eigenvalue weighted by atomic mass is 79.9. The average molecular weight is 332 g/mol. The number of thioether (sulfide) groups is 1. The molecule has 0 bridgehead atoms. The van der Waals surface area contributed by atoms with Crippen molar-refractivity contribution in [2.45, 2.75) is 50.0 Å². The summed E-state index contributed by atoms with van der Waals surface area (Å²) >= 11 is 5.31. The first-order valence-electron chi connectivity index (χ1n) is 6.38. The van der Waals surface area contributed by atoms with Gasteiger partial charge in [0, 0.05) is 21.2 Å². The van der Waals surface area contributed by atoms with Gasteiger partial charge in [0.15, 0.2) is 0 Å². The highest BCUT2D eigenvalue weighted by molar-refractivity contribution is 9.10. The smallest absolute Gasteiger partial charge is 0.0631 e. The number of hydrogen-bond acceptors (Lipinski definition) is 3. The Morgan fingerprint density at radius 1 is 1.39 bits per heavy atom. The Hall–Kier alpha value is -0.0300. The van der Waals surface area contributed by atoms with Crippen LogP contribution in [-0.4, -0.2) is 23.0 Å². The lowest BCUT2D eigenvalue weighted by atomic mass is 10.2. The number of nitrogens with one attached hydrogen (secondary N) is 1. The topological polar surface area (TPSA) is 32.3 Å². The first kappa shape index (κ1) is 16.0. The number of benzene rings is 1. The molecule has 0 aliphatic heterocycles. The molecule has 0 aliphatic rings. The van der Waals surface area contributed by atoms with Crippen LogP contribution in [0.2, 0.25) is 0 Å². The molecule has 0 aliphatic carbocycles. The van der Waals surface area contributed by atoms with Crippen molar-refractivity contribution in [3.05, 3.63) is 28.2 Å². The summed E-state index contributed by atoms with van der Waals surface area (Å²) in [5.74, 6) is 0. The van der Waals surface area contributed by atoms with E-state index in [0.29, 0.717) is 0 Å². The minimum Gasteiger partial charge on any atom is -0.392 e. The molecule has 0 radical (unpaired) electrons. The summed E-state index contributed by atoms with van der Waals surface area (Å²) in [5.41, 5.74) is 1.28. The van der Waals surface area contributed by atoms with Crippen LogP contribution in [0, 0.1) is 0 Å². The van der Waals surface area contributed by atoms with Crippen LogP contribution in [0.25, 0.3) is 0 Å². The van der Waals surface area contributed by atoms with Crippen LogP contribution in [-0.2, 0) is 6.54 Å². The monoisotopic (exact) mass is 331 g/mol. The van der Waals surface area contributed by atoms with Crippen LogP contribution in [0.15, 0.2) is 27.6 Å². The van der Waals surface area contributed by atoms with Crippen molar-refractivity contribution in [2.75, 3.05) is 6.54 Å². The minimum atomic E-state index is -0.292. The molecule has 0 aromatic heterocycles. The van der Waals surface area contributed by atoms with E-state index in [4.69, 9.17) is 0 Å². The Labute approximate surface area is 123 Å². The van der Waals surface area contributed by atoms with Crippen LogP contribution in [0.1, 0.15) is 32.8 Å². The third-order valence-corrected chi connectivity index (χ3v) is 4.80. The second-order valence-corrected chi connectivity index (χ2v) is 6.80. The fraction of sp³-hybridized carbons (Fsp3) is 0.571. The van der Waals surface area contributed by atoms with Gasteiger partial charge in [-0.2, -0.15) is 0 Å². The van der Waals surface area contributed by atoms with Gasteiger partial charge >= 0.3 is 0 Å². The summed E-state index contributed by atoms with van der Waals surface area (Å²) in [4.78, 5) is 1.19. The molecule has 18 heavy (non-hydrogen) atoms. The molecule has 1 aromatic rings. The maximum atomic E-state index is 9.51. The fourth-order valence-corrected chi connectivity index (χ4v) is 3.09. The highest BCUT2D eigenvalue weighted by Crippen LogP contribution is 2.29. The van der Waals surface area contributed by atoms with Crippen molar-refractivity contribution in [3.63, 3.8) is 0 Å². The summed E-state index contributed by atoms with van der Waals surface area (Å²) in [6.07, 6.45) is 0.858. The molecule has 2 N–H and O–H groups in total. The van der Waals surface area contributed by atoms with E-state index in [9.17, 15) is 5.11 Å². The van der Waals surface area contributed by atoms with E-state index in [1.165, 1.54) is 10.5 Å². The molecule has 102 valence electrons. The Morgan fingerprint density at radius 2 is 2.11 bits per heavy atom. The van der Waals surface area contributed by atoms with Crippen molar-refractivity contribution in [1.82, 2.24) is 5.32 Å². The van der Waals surface area contributed by atoms with E-state index in [2.05, 4.69) is 46.4 Å². The minimum absolute atomic E-state index is 0.209. The van der Waals surface area contributed by atoms with Gasteiger partial charge in [0.1, 0.15) is 0 Å². The van der Waals surface area contributed by atoms with Crippen LogP contribution in [0.5, 0.6) is 0 Å². The Morgan fingerprint density at radius 3 is 2.67 bits per heavy atom. The van der Waals surface area contributed by atoms with Gasteiger partial charge < -0.3 is 10.4 Å². The van der Waals surface area contributed by atoms with Crippen LogP contribution < -0.4 is 5.32 Å². The zero-order valence-corrected chi connectivity index (χ0v) is 13.6. The van der Waals surface area contributed by atoms with E-state index in [1.807, 2.05) is 13.8 Å². The number of aliphatic hydroxyl groups excluding tert-OH is 1. The number of hydrogen-bond donors (Lipinski definition) is 2. The zero-order valence-electron chi connectivity index (χ0n) is 11.2. The number of rotatable bonds is 7. The first-order chi connectivity index (χ1) is 8.54. The maximum Gasteiger partial charge on any atom is 0.0631 e. The van der Waals surface area contributed by atoms with Gasteiger partial charge in [0.05, 0.1) is 6.10 Å². The van der Waals surface area contributed by atoms with E-state index in [0.717, 1.165) is 24.0 Å². The summed E-state index contributed by atoms with van der Waals surface area (Å²) in [6, 6.07) is 6.40. The largest absolute Gasteiger partial charge is 0.392 e. The second-order valence-electron chi connectivity index (χ2n) is 4.49. The molecule has 0 amide bonds. The lowest BCUT2D eigenvalue weighted by Crippen LogP contribution is -2.15. The van der Waals surface area contributed by atoms with Gasteiger partial charge in [-0.25, -0.2) is 0 Å². The molecule has 0 saturated carbocycles. The standard InChI is InChI=1S/C14H22BrNOS/c1-4-7-16-9-12-5-6-13(8-14(12)15)18-11(3)10(2)17/h5-6,8,10-11,16-17H,4,7,9H2,1-3H3. The number of aliphatic hydroxyl groups is 1. The zero-order chi connectivity index (χ0) is 13.5. The quantitative estimate of drug-likeness (QED) is 0.588. The SMILES string of the molecule is CCCNCc1ccc(SC(C)C(C)O)cc1Br. The maximum absolute atomic E-state index is 9.51. The Bertz CT molecular complexity index is 371. The lowest BCUT2D eigenvalue weighted by Gasteiger charge is -2.15. The summed E-state index contributed by atoms with van der Waals surface area (Å²) < 4.78 is 1.13. The van der Waals surface area contributed by atoms with E-state index in [1.54, 1.807) is 11.8 Å². The van der Waals surface area contributed by atoms with Gasteiger partial charge in [0.2, 0.25) is 0 Å². The van der Waals surface area contributed by atoms with Gasteiger partial charge in [-0.05, 0) is 37.6 Å². The fourth-order valence-electron chi connectivity index (χ4n) is 1.46. The molecular formula is C14H22BrNOS. The summed E-state index contributed by atoms with van der Waals surface area (Å²) in [6.45, 7) is 7.97. The molecule has 0 fully saturated rings. The third-order valence-electron chi connectivity index (χ3n) is 2.77. The van der Waals surface area contributed by atoms with E-state index < -0.39 is 0 Å². The molecule has 1 aromatic carbocycles. The average Bonchev–Trinajstić information content (AvgIpc) is 2.32. The van der Waals surface area contributed by atoms with Gasteiger partial charge in [-0.3, -0.25) is 0 Å². The second kappa shape index (κ2) is 8.20. The van der Waals surface area contributed by atoms with Crippen molar-refractivity contribution in [3.8, 4) is 0 Å². The molecule has 4 heteroatoms. The van der Waals surface area contributed by atoms with Gasteiger partial charge in [-0.1, -0.05) is 35.8 Å². The molecule has 0 spiro atoms. The summed E-state index contributed by atoms with van der Waals surface area (Å²) in [5, 5.41) is 13.1. The highest BCUT2D eigenvalue weighted by Gasteiger charge is 2.11. The molecular weight excluding hydrogens is 310 g/mol. The number of halogens is 1. The molecule has 0 heterocycles. The van der Waals surface area contributed by atoms with Crippen LogP contribution >= 0.6 is 27.7 Å². The van der Waals surface area contributed by atoms with Crippen LogP contribution in [0.3, 0.4) is 0 Å². The van der Waals surface area contributed by atoms with Crippen molar-refractivity contribution in [1.29, 1.82) is 0 Å².